The third kappa shape index (κ3) is 2.97. The number of halogens is 2. The van der Waals surface area contributed by atoms with Crippen LogP contribution in [0.25, 0.3) is 0 Å². The Balaban J connectivity index is 2.02. The lowest BCUT2D eigenvalue weighted by Crippen LogP contribution is -2.00. The van der Waals surface area contributed by atoms with Crippen LogP contribution in [0.3, 0.4) is 0 Å². The van der Waals surface area contributed by atoms with E-state index < -0.39 is 0 Å². The van der Waals surface area contributed by atoms with Crippen LogP contribution in [-0.2, 0) is 13.1 Å². The molecule has 0 atom stereocenters. The Morgan fingerprint density at radius 2 is 2.29 bits per heavy atom. The average molecular weight is 254 g/mol. The predicted octanol–water partition coefficient (Wildman–Crippen LogP) is 3.31. The second-order valence-corrected chi connectivity index (χ2v) is 4.12. The van der Waals surface area contributed by atoms with E-state index in [4.69, 9.17) is 11.6 Å². The van der Waals surface area contributed by atoms with Crippen LogP contribution in [-0.4, -0.2) is 9.78 Å². The number of rotatable bonds is 4. The highest BCUT2D eigenvalue weighted by Crippen LogP contribution is 2.19. The Morgan fingerprint density at radius 1 is 1.47 bits per heavy atom. The number of hydrogen-bond acceptors (Lipinski definition) is 2. The number of nitrogens with zero attached hydrogens (tertiary/aromatic N) is 2. The van der Waals surface area contributed by atoms with Gasteiger partial charge < -0.3 is 5.32 Å². The van der Waals surface area contributed by atoms with Gasteiger partial charge in [0.05, 0.1) is 11.9 Å². The van der Waals surface area contributed by atoms with Gasteiger partial charge in [0, 0.05) is 29.9 Å². The first-order valence-corrected chi connectivity index (χ1v) is 5.77. The smallest absolute Gasteiger partial charge is 0.147 e. The molecule has 0 amide bonds. The molecular formula is C12H13ClFN3. The first kappa shape index (κ1) is 11.9. The van der Waals surface area contributed by atoms with Crippen LogP contribution >= 0.6 is 11.6 Å². The molecule has 1 aromatic heterocycles. The molecule has 1 heterocycles. The lowest BCUT2D eigenvalue weighted by atomic mass is 10.3. The molecule has 0 aliphatic rings. The van der Waals surface area contributed by atoms with Crippen molar-refractivity contribution < 1.29 is 4.39 Å². The molecule has 0 aliphatic heterocycles. The van der Waals surface area contributed by atoms with Gasteiger partial charge in [-0.1, -0.05) is 11.6 Å². The number of anilines is 1. The fraction of sp³-hybridized carbons (Fsp3) is 0.250. The number of benzene rings is 1. The van der Waals surface area contributed by atoms with E-state index in [1.54, 1.807) is 18.3 Å². The zero-order valence-electron chi connectivity index (χ0n) is 9.45. The normalized spacial score (nSPS) is 10.5. The number of aromatic nitrogens is 2. The van der Waals surface area contributed by atoms with Gasteiger partial charge in [-0.15, -0.1) is 0 Å². The molecule has 90 valence electrons. The van der Waals surface area contributed by atoms with E-state index in [1.165, 1.54) is 6.07 Å². The van der Waals surface area contributed by atoms with E-state index in [-0.39, 0.29) is 5.82 Å². The Labute approximate surface area is 104 Å². The number of aryl methyl sites for hydroxylation is 1. The summed E-state index contributed by atoms with van der Waals surface area (Å²) in [5, 5.41) is 7.55. The van der Waals surface area contributed by atoms with Crippen molar-refractivity contribution in [2.45, 2.75) is 20.0 Å². The largest absolute Gasteiger partial charge is 0.378 e. The average Bonchev–Trinajstić information content (AvgIpc) is 2.76. The number of hydrogen-bond donors (Lipinski definition) is 1. The van der Waals surface area contributed by atoms with Crippen molar-refractivity contribution in [3.05, 3.63) is 47.0 Å². The maximum absolute atomic E-state index is 13.5. The summed E-state index contributed by atoms with van der Waals surface area (Å²) < 4.78 is 15.3. The van der Waals surface area contributed by atoms with Crippen LogP contribution in [0, 0.1) is 5.82 Å². The van der Waals surface area contributed by atoms with E-state index in [9.17, 15) is 4.39 Å². The van der Waals surface area contributed by atoms with Crippen molar-refractivity contribution in [3.63, 3.8) is 0 Å². The Hall–Kier alpha value is -1.55. The fourth-order valence-electron chi connectivity index (χ4n) is 1.50. The Kier molecular flexibility index (Phi) is 3.64. The van der Waals surface area contributed by atoms with Gasteiger partial charge in [-0.3, -0.25) is 4.68 Å². The van der Waals surface area contributed by atoms with Crippen LogP contribution in [0.15, 0.2) is 30.6 Å². The summed E-state index contributed by atoms with van der Waals surface area (Å²) in [6.45, 7) is 3.39. The minimum Gasteiger partial charge on any atom is -0.378 e. The maximum Gasteiger partial charge on any atom is 0.147 e. The second-order valence-electron chi connectivity index (χ2n) is 3.68. The quantitative estimate of drug-likeness (QED) is 0.906. The molecule has 0 unspecified atom stereocenters. The standard InChI is InChI=1S/C12H13ClFN3/c1-2-17-8-9(7-16-17)6-15-12-4-3-10(13)5-11(12)14/h3-5,7-8,15H,2,6H2,1H3. The van der Waals surface area contributed by atoms with E-state index >= 15 is 0 Å². The molecule has 0 spiro atoms. The summed E-state index contributed by atoms with van der Waals surface area (Å²) in [7, 11) is 0. The van der Waals surface area contributed by atoms with Crippen molar-refractivity contribution in [1.29, 1.82) is 0 Å². The molecule has 2 rings (SSSR count). The van der Waals surface area contributed by atoms with Crippen molar-refractivity contribution in [1.82, 2.24) is 9.78 Å². The van der Waals surface area contributed by atoms with Gasteiger partial charge in [-0.25, -0.2) is 4.39 Å². The van der Waals surface area contributed by atoms with Crippen LogP contribution < -0.4 is 5.32 Å². The van der Waals surface area contributed by atoms with E-state index in [1.807, 2.05) is 17.8 Å². The minimum absolute atomic E-state index is 0.347. The van der Waals surface area contributed by atoms with E-state index in [2.05, 4.69) is 10.4 Å². The van der Waals surface area contributed by atoms with Crippen LogP contribution in [0.4, 0.5) is 10.1 Å². The minimum atomic E-state index is -0.347. The molecule has 1 aromatic carbocycles. The lowest BCUT2D eigenvalue weighted by molar-refractivity contribution is 0.630. The molecule has 3 nitrogen and oxygen atoms in total. The summed E-state index contributed by atoms with van der Waals surface area (Å²) >= 11 is 5.68. The highest BCUT2D eigenvalue weighted by Gasteiger charge is 2.03. The van der Waals surface area contributed by atoms with E-state index in [0.29, 0.717) is 17.3 Å². The van der Waals surface area contributed by atoms with Gasteiger partial charge in [0.2, 0.25) is 0 Å². The molecule has 0 saturated heterocycles. The first-order valence-electron chi connectivity index (χ1n) is 5.39. The zero-order valence-corrected chi connectivity index (χ0v) is 10.2. The fourth-order valence-corrected chi connectivity index (χ4v) is 1.66. The van der Waals surface area contributed by atoms with Gasteiger partial charge in [-0.2, -0.15) is 5.10 Å². The molecule has 0 saturated carbocycles. The third-order valence-electron chi connectivity index (χ3n) is 2.42. The van der Waals surface area contributed by atoms with Crippen molar-refractivity contribution >= 4 is 17.3 Å². The SMILES string of the molecule is CCn1cc(CNc2ccc(Cl)cc2F)cn1. The summed E-state index contributed by atoms with van der Waals surface area (Å²) in [5.41, 5.74) is 1.46. The first-order chi connectivity index (χ1) is 8.19. The molecular weight excluding hydrogens is 241 g/mol. The van der Waals surface area contributed by atoms with Crippen LogP contribution in [0.5, 0.6) is 0 Å². The Bertz CT molecular complexity index is 510. The molecule has 1 N–H and O–H groups in total. The topological polar surface area (TPSA) is 29.9 Å². The maximum atomic E-state index is 13.5. The van der Waals surface area contributed by atoms with Gasteiger partial charge in [0.25, 0.3) is 0 Å². The van der Waals surface area contributed by atoms with Gasteiger partial charge >= 0.3 is 0 Å². The third-order valence-corrected chi connectivity index (χ3v) is 2.66. The highest BCUT2D eigenvalue weighted by atomic mass is 35.5. The van der Waals surface area contributed by atoms with Gasteiger partial charge in [0.1, 0.15) is 5.82 Å². The molecule has 0 bridgehead atoms. The summed E-state index contributed by atoms with van der Waals surface area (Å²) in [5.74, 6) is -0.347. The number of nitrogens with one attached hydrogen (secondary N) is 1. The van der Waals surface area contributed by atoms with E-state index in [0.717, 1.165) is 12.1 Å². The highest BCUT2D eigenvalue weighted by molar-refractivity contribution is 6.30. The van der Waals surface area contributed by atoms with Gasteiger partial charge in [0.15, 0.2) is 0 Å². The molecule has 2 aromatic rings. The Morgan fingerprint density at radius 3 is 2.94 bits per heavy atom. The predicted molar refractivity (Wildman–Crippen MR) is 66.6 cm³/mol. The van der Waals surface area contributed by atoms with Crippen molar-refractivity contribution in [2.75, 3.05) is 5.32 Å². The zero-order chi connectivity index (χ0) is 12.3. The molecule has 0 fully saturated rings. The molecule has 0 aliphatic carbocycles. The van der Waals surface area contributed by atoms with Crippen molar-refractivity contribution in [2.24, 2.45) is 0 Å². The summed E-state index contributed by atoms with van der Waals surface area (Å²) in [6, 6.07) is 4.57. The molecule has 5 heteroatoms. The van der Waals surface area contributed by atoms with Crippen molar-refractivity contribution in [3.8, 4) is 0 Å². The second kappa shape index (κ2) is 5.19. The van der Waals surface area contributed by atoms with Gasteiger partial charge in [-0.05, 0) is 25.1 Å². The monoisotopic (exact) mass is 253 g/mol. The van der Waals surface area contributed by atoms with Crippen LogP contribution in [0.1, 0.15) is 12.5 Å². The lowest BCUT2D eigenvalue weighted by Gasteiger charge is -2.06. The summed E-state index contributed by atoms with van der Waals surface area (Å²) in [6.07, 6.45) is 3.70. The molecule has 0 radical (unpaired) electrons. The summed E-state index contributed by atoms with van der Waals surface area (Å²) in [4.78, 5) is 0. The van der Waals surface area contributed by atoms with Crippen LogP contribution in [0.2, 0.25) is 5.02 Å². The molecule has 17 heavy (non-hydrogen) atoms.